The van der Waals surface area contributed by atoms with Gasteiger partial charge in [0.05, 0.1) is 19.8 Å². The molecule has 0 aliphatic carbocycles. The third kappa shape index (κ3) is 3.57. The molecule has 0 fully saturated rings. The molecule has 112 valence electrons. The lowest BCUT2D eigenvalue weighted by atomic mass is 9.97. The summed E-state index contributed by atoms with van der Waals surface area (Å²) in [6, 6.07) is 11.7. The number of benzene rings is 2. The second-order valence-electron chi connectivity index (χ2n) is 4.82. The van der Waals surface area contributed by atoms with Crippen LogP contribution in [0.4, 0.5) is 0 Å². The van der Waals surface area contributed by atoms with E-state index < -0.39 is 0 Å². The minimum Gasteiger partial charge on any atom is -0.496 e. The molecule has 0 saturated carbocycles. The molecule has 2 N–H and O–H groups in total. The topological polar surface area (TPSA) is 44.5 Å². The van der Waals surface area contributed by atoms with Crippen molar-refractivity contribution in [2.75, 3.05) is 13.7 Å². The molecular formula is C17H20BrNO2. The molecule has 0 radical (unpaired) electrons. The van der Waals surface area contributed by atoms with Crippen LogP contribution in [-0.4, -0.2) is 13.7 Å². The molecule has 0 aromatic heterocycles. The highest BCUT2D eigenvalue weighted by Gasteiger charge is 2.16. The van der Waals surface area contributed by atoms with Crippen molar-refractivity contribution in [3.8, 4) is 11.5 Å². The molecule has 0 aliphatic heterocycles. The van der Waals surface area contributed by atoms with Gasteiger partial charge in [-0.1, -0.05) is 28.1 Å². The van der Waals surface area contributed by atoms with E-state index in [2.05, 4.69) is 15.9 Å². The van der Waals surface area contributed by atoms with Crippen LogP contribution in [0.3, 0.4) is 0 Å². The number of methoxy groups -OCH3 is 1. The molecule has 2 rings (SSSR count). The van der Waals surface area contributed by atoms with Gasteiger partial charge in [0.15, 0.2) is 0 Å². The Morgan fingerprint density at radius 2 is 1.90 bits per heavy atom. The molecule has 4 heteroatoms. The zero-order valence-electron chi connectivity index (χ0n) is 12.5. The highest BCUT2D eigenvalue weighted by atomic mass is 79.9. The van der Waals surface area contributed by atoms with Gasteiger partial charge in [0.25, 0.3) is 0 Å². The van der Waals surface area contributed by atoms with Gasteiger partial charge in [-0.25, -0.2) is 0 Å². The van der Waals surface area contributed by atoms with Crippen molar-refractivity contribution in [3.05, 3.63) is 57.6 Å². The highest BCUT2D eigenvalue weighted by Crippen LogP contribution is 2.33. The van der Waals surface area contributed by atoms with Crippen molar-refractivity contribution < 1.29 is 9.47 Å². The molecule has 0 spiro atoms. The van der Waals surface area contributed by atoms with Gasteiger partial charge in [-0.3, -0.25) is 0 Å². The second-order valence-corrected chi connectivity index (χ2v) is 5.74. The summed E-state index contributed by atoms with van der Waals surface area (Å²) in [7, 11) is 1.67. The van der Waals surface area contributed by atoms with Crippen molar-refractivity contribution in [2.24, 2.45) is 5.73 Å². The monoisotopic (exact) mass is 349 g/mol. The Kier molecular flexibility index (Phi) is 5.26. The third-order valence-electron chi connectivity index (χ3n) is 3.40. The Labute approximate surface area is 134 Å². The fourth-order valence-corrected chi connectivity index (χ4v) is 2.64. The minimum atomic E-state index is -0.265. The fraction of sp³-hybridized carbons (Fsp3) is 0.294. The Balaban J connectivity index is 2.43. The van der Waals surface area contributed by atoms with Gasteiger partial charge in [-0.2, -0.15) is 0 Å². The molecular weight excluding hydrogens is 330 g/mol. The second kappa shape index (κ2) is 6.96. The van der Waals surface area contributed by atoms with Crippen molar-refractivity contribution in [1.82, 2.24) is 0 Å². The van der Waals surface area contributed by atoms with E-state index in [4.69, 9.17) is 15.2 Å². The van der Waals surface area contributed by atoms with Crippen LogP contribution < -0.4 is 15.2 Å². The zero-order valence-corrected chi connectivity index (χ0v) is 14.1. The third-order valence-corrected chi connectivity index (χ3v) is 3.89. The summed E-state index contributed by atoms with van der Waals surface area (Å²) >= 11 is 3.49. The SMILES string of the molecule is CCOc1ccc(Br)cc1C(N)c1ccc(C)c(OC)c1. The van der Waals surface area contributed by atoms with E-state index in [1.165, 1.54) is 0 Å². The lowest BCUT2D eigenvalue weighted by Crippen LogP contribution is -2.14. The summed E-state index contributed by atoms with van der Waals surface area (Å²) in [5, 5.41) is 0. The van der Waals surface area contributed by atoms with E-state index in [9.17, 15) is 0 Å². The fourth-order valence-electron chi connectivity index (χ4n) is 2.26. The number of aryl methyl sites for hydroxylation is 1. The Morgan fingerprint density at radius 3 is 2.57 bits per heavy atom. The molecule has 0 amide bonds. The summed E-state index contributed by atoms with van der Waals surface area (Å²) in [4.78, 5) is 0. The van der Waals surface area contributed by atoms with Crippen molar-refractivity contribution in [1.29, 1.82) is 0 Å². The zero-order chi connectivity index (χ0) is 15.4. The minimum absolute atomic E-state index is 0.265. The average molecular weight is 350 g/mol. The first-order valence-corrected chi connectivity index (χ1v) is 7.68. The molecule has 0 saturated heterocycles. The predicted molar refractivity (Wildman–Crippen MR) is 89.1 cm³/mol. The van der Waals surface area contributed by atoms with E-state index in [0.717, 1.165) is 32.7 Å². The molecule has 0 aliphatic rings. The number of rotatable bonds is 5. The normalized spacial score (nSPS) is 12.0. The Morgan fingerprint density at radius 1 is 1.14 bits per heavy atom. The molecule has 0 heterocycles. The Bertz CT molecular complexity index is 628. The van der Waals surface area contributed by atoms with Crippen LogP contribution in [0.25, 0.3) is 0 Å². The molecule has 1 unspecified atom stereocenters. The van der Waals surface area contributed by atoms with Gasteiger partial charge < -0.3 is 15.2 Å². The van der Waals surface area contributed by atoms with Gasteiger partial charge >= 0.3 is 0 Å². The van der Waals surface area contributed by atoms with E-state index in [0.29, 0.717) is 6.61 Å². The largest absolute Gasteiger partial charge is 0.496 e. The maximum absolute atomic E-state index is 6.43. The smallest absolute Gasteiger partial charge is 0.124 e. The number of nitrogens with two attached hydrogens (primary N) is 1. The van der Waals surface area contributed by atoms with Crippen molar-refractivity contribution in [3.63, 3.8) is 0 Å². The first kappa shape index (κ1) is 15.9. The van der Waals surface area contributed by atoms with Crippen LogP contribution in [0.15, 0.2) is 40.9 Å². The number of hydrogen-bond acceptors (Lipinski definition) is 3. The summed E-state index contributed by atoms with van der Waals surface area (Å²) < 4.78 is 12.0. The van der Waals surface area contributed by atoms with Crippen LogP contribution in [0.5, 0.6) is 11.5 Å². The van der Waals surface area contributed by atoms with E-state index in [-0.39, 0.29) is 6.04 Å². The standard InChI is InChI=1S/C17H20BrNO2/c1-4-21-15-8-7-13(18)10-14(15)17(19)12-6-5-11(2)16(9-12)20-3/h5-10,17H,4,19H2,1-3H3. The molecule has 21 heavy (non-hydrogen) atoms. The highest BCUT2D eigenvalue weighted by molar-refractivity contribution is 9.10. The van der Waals surface area contributed by atoms with Crippen molar-refractivity contribution >= 4 is 15.9 Å². The van der Waals surface area contributed by atoms with Crippen LogP contribution in [0, 0.1) is 6.92 Å². The van der Waals surface area contributed by atoms with E-state index in [1.54, 1.807) is 7.11 Å². The van der Waals surface area contributed by atoms with E-state index >= 15 is 0 Å². The molecule has 0 bridgehead atoms. The average Bonchev–Trinajstić information content (AvgIpc) is 2.49. The maximum Gasteiger partial charge on any atom is 0.124 e. The molecule has 1 atom stereocenters. The Hall–Kier alpha value is -1.52. The van der Waals surface area contributed by atoms with Crippen LogP contribution >= 0.6 is 15.9 Å². The van der Waals surface area contributed by atoms with Gasteiger partial charge in [0.2, 0.25) is 0 Å². The summed E-state index contributed by atoms with van der Waals surface area (Å²) in [5.74, 6) is 1.66. The van der Waals surface area contributed by atoms with E-state index in [1.807, 2.05) is 50.2 Å². The summed E-state index contributed by atoms with van der Waals surface area (Å²) in [6.45, 7) is 4.59. The molecule has 2 aromatic carbocycles. The quantitative estimate of drug-likeness (QED) is 0.878. The lowest BCUT2D eigenvalue weighted by molar-refractivity contribution is 0.335. The van der Waals surface area contributed by atoms with Gasteiger partial charge in [-0.05, 0) is 49.2 Å². The van der Waals surface area contributed by atoms with Crippen LogP contribution in [0.1, 0.15) is 29.7 Å². The van der Waals surface area contributed by atoms with Crippen LogP contribution in [-0.2, 0) is 0 Å². The van der Waals surface area contributed by atoms with Gasteiger partial charge in [-0.15, -0.1) is 0 Å². The lowest BCUT2D eigenvalue weighted by Gasteiger charge is -2.18. The first-order valence-electron chi connectivity index (χ1n) is 6.89. The maximum atomic E-state index is 6.43. The first-order chi connectivity index (χ1) is 10.1. The van der Waals surface area contributed by atoms with Gasteiger partial charge in [0, 0.05) is 10.0 Å². The number of halogens is 1. The summed E-state index contributed by atoms with van der Waals surface area (Å²) in [5.41, 5.74) is 9.48. The van der Waals surface area contributed by atoms with Crippen molar-refractivity contribution in [2.45, 2.75) is 19.9 Å². The van der Waals surface area contributed by atoms with Gasteiger partial charge in [0.1, 0.15) is 11.5 Å². The summed E-state index contributed by atoms with van der Waals surface area (Å²) in [6.07, 6.45) is 0. The number of ether oxygens (including phenoxy) is 2. The predicted octanol–water partition coefficient (Wildman–Crippen LogP) is 4.21. The molecule has 3 nitrogen and oxygen atoms in total. The van der Waals surface area contributed by atoms with Crippen LogP contribution in [0.2, 0.25) is 0 Å². The number of hydrogen-bond donors (Lipinski definition) is 1. The molecule has 2 aromatic rings.